The van der Waals surface area contributed by atoms with E-state index < -0.39 is 29.3 Å². The van der Waals surface area contributed by atoms with Crippen molar-refractivity contribution in [3.05, 3.63) is 64.1 Å². The lowest BCUT2D eigenvalue weighted by Crippen LogP contribution is -2.48. The molecule has 158 valence electrons. The largest absolute Gasteiger partial charge is 0.297 e. The molecule has 0 saturated carbocycles. The number of ketones is 1. The highest BCUT2D eigenvalue weighted by Crippen LogP contribution is 2.53. The maximum Gasteiger partial charge on any atom is 0.240 e. The van der Waals surface area contributed by atoms with E-state index in [0.717, 1.165) is 15.6 Å². The maximum absolute atomic E-state index is 13.7. The normalized spacial score (nSPS) is 26.7. The molecule has 3 heterocycles. The Hall–Kier alpha value is -2.80. The summed E-state index contributed by atoms with van der Waals surface area (Å²) in [6.07, 6.45) is 1.72. The molecule has 0 aromatic heterocycles. The van der Waals surface area contributed by atoms with E-state index in [4.69, 9.17) is 0 Å². The minimum absolute atomic E-state index is 0.0830. The number of carbonyl (C=O) groups is 3. The fourth-order valence-corrected chi connectivity index (χ4v) is 5.22. The van der Waals surface area contributed by atoms with E-state index >= 15 is 0 Å². The highest BCUT2D eigenvalue weighted by Gasteiger charge is 2.66. The van der Waals surface area contributed by atoms with Crippen molar-refractivity contribution in [1.29, 1.82) is 0 Å². The van der Waals surface area contributed by atoms with Crippen LogP contribution < -0.4 is 4.90 Å². The van der Waals surface area contributed by atoms with Gasteiger partial charge in [-0.1, -0.05) is 61.0 Å². The third-order valence-electron chi connectivity index (χ3n) is 6.39. The van der Waals surface area contributed by atoms with E-state index in [-0.39, 0.29) is 17.6 Å². The molecule has 0 N–H and O–H groups in total. The van der Waals surface area contributed by atoms with Crippen LogP contribution in [0.5, 0.6) is 0 Å². The molecule has 2 amide bonds. The van der Waals surface area contributed by atoms with Crippen molar-refractivity contribution < 1.29 is 14.4 Å². The van der Waals surface area contributed by atoms with E-state index in [9.17, 15) is 14.4 Å². The summed E-state index contributed by atoms with van der Waals surface area (Å²) in [5, 5.41) is 6.28. The number of carbonyl (C=O) groups excluding carboxylic acids is 3. The fourth-order valence-electron chi connectivity index (χ4n) is 4.96. The van der Waals surface area contributed by atoms with Crippen LogP contribution in [0.25, 0.3) is 0 Å². The van der Waals surface area contributed by atoms with Crippen LogP contribution in [0.15, 0.2) is 58.1 Å². The number of hydrogen-bond donors (Lipinski definition) is 0. The predicted molar refractivity (Wildman–Crippen MR) is 120 cm³/mol. The van der Waals surface area contributed by atoms with Gasteiger partial charge in [0.2, 0.25) is 11.8 Å². The SMILES string of the molecule is CC(C)(C)C(=O)[C@@H]1[C@@H]2C(=O)N(c3ccc(Br)cc3)C(=O)[C@@H]2[C@H]2c3ccccc3C=NN12. The average Bonchev–Trinajstić information content (AvgIpc) is 3.20. The first-order valence-electron chi connectivity index (χ1n) is 10.3. The fraction of sp³-hybridized carbons (Fsp3) is 0.333. The second kappa shape index (κ2) is 6.85. The lowest BCUT2D eigenvalue weighted by atomic mass is 9.79. The number of amides is 2. The Morgan fingerprint density at radius 2 is 1.61 bits per heavy atom. The lowest BCUT2D eigenvalue weighted by Gasteiger charge is -2.35. The highest BCUT2D eigenvalue weighted by atomic mass is 79.9. The van der Waals surface area contributed by atoms with Gasteiger partial charge in [-0.25, -0.2) is 4.90 Å². The molecule has 3 aliphatic rings. The molecule has 6 nitrogen and oxygen atoms in total. The van der Waals surface area contributed by atoms with Gasteiger partial charge in [0, 0.05) is 9.89 Å². The number of fused-ring (bicyclic) bond motifs is 5. The third kappa shape index (κ3) is 2.90. The number of benzene rings is 2. The van der Waals surface area contributed by atoms with Crippen LogP contribution in [-0.2, 0) is 14.4 Å². The van der Waals surface area contributed by atoms with Crippen LogP contribution >= 0.6 is 15.9 Å². The summed E-state index contributed by atoms with van der Waals surface area (Å²) >= 11 is 3.39. The van der Waals surface area contributed by atoms with Gasteiger partial charge in [-0.05, 0) is 35.4 Å². The molecule has 4 atom stereocenters. The molecule has 2 fully saturated rings. The van der Waals surface area contributed by atoms with Crippen molar-refractivity contribution in [3.63, 3.8) is 0 Å². The number of Topliss-reactive ketones (excluding diaryl/α,β-unsaturated/α-hetero) is 1. The number of anilines is 1. The molecule has 0 radical (unpaired) electrons. The monoisotopic (exact) mass is 479 g/mol. The topological polar surface area (TPSA) is 70.0 Å². The van der Waals surface area contributed by atoms with Gasteiger partial charge in [0.05, 0.1) is 29.8 Å². The number of nitrogens with zero attached hydrogens (tertiary/aromatic N) is 3. The quantitative estimate of drug-likeness (QED) is 0.611. The Labute approximate surface area is 189 Å². The summed E-state index contributed by atoms with van der Waals surface area (Å²) in [6, 6.07) is 13.6. The van der Waals surface area contributed by atoms with Gasteiger partial charge in [0.1, 0.15) is 6.04 Å². The first kappa shape index (κ1) is 20.1. The van der Waals surface area contributed by atoms with Gasteiger partial charge in [0.25, 0.3) is 0 Å². The third-order valence-corrected chi connectivity index (χ3v) is 6.91. The molecule has 0 aliphatic carbocycles. The van der Waals surface area contributed by atoms with Crippen LogP contribution in [0, 0.1) is 17.3 Å². The Balaban J connectivity index is 1.66. The Morgan fingerprint density at radius 3 is 2.29 bits per heavy atom. The molecule has 0 bridgehead atoms. The van der Waals surface area contributed by atoms with Crippen molar-refractivity contribution in [2.24, 2.45) is 22.4 Å². The summed E-state index contributed by atoms with van der Waals surface area (Å²) < 4.78 is 0.859. The number of hydrogen-bond acceptors (Lipinski definition) is 5. The minimum Gasteiger partial charge on any atom is -0.297 e. The summed E-state index contributed by atoms with van der Waals surface area (Å²) in [4.78, 5) is 42.1. The van der Waals surface area contributed by atoms with Crippen molar-refractivity contribution >= 4 is 45.4 Å². The molecule has 2 aromatic carbocycles. The number of imide groups is 1. The van der Waals surface area contributed by atoms with Gasteiger partial charge < -0.3 is 0 Å². The molecule has 2 aromatic rings. The summed E-state index contributed by atoms with van der Waals surface area (Å²) in [7, 11) is 0. The van der Waals surface area contributed by atoms with Crippen molar-refractivity contribution in [3.8, 4) is 0 Å². The van der Waals surface area contributed by atoms with Crippen LogP contribution in [0.3, 0.4) is 0 Å². The zero-order valence-corrected chi connectivity index (χ0v) is 19.0. The lowest BCUT2D eigenvalue weighted by molar-refractivity contribution is -0.136. The molecule has 5 rings (SSSR count). The first-order chi connectivity index (χ1) is 14.7. The molecule has 3 aliphatic heterocycles. The van der Waals surface area contributed by atoms with Crippen molar-refractivity contribution in [2.45, 2.75) is 32.9 Å². The molecule has 0 spiro atoms. The summed E-state index contributed by atoms with van der Waals surface area (Å²) in [5.41, 5.74) is 1.68. The van der Waals surface area contributed by atoms with Gasteiger partial charge in [-0.2, -0.15) is 5.10 Å². The van der Waals surface area contributed by atoms with Crippen LogP contribution in [0.4, 0.5) is 5.69 Å². The number of rotatable bonds is 2. The second-order valence-corrected chi connectivity index (χ2v) is 10.2. The van der Waals surface area contributed by atoms with E-state index in [2.05, 4.69) is 21.0 Å². The number of hydrazone groups is 1. The number of halogens is 1. The van der Waals surface area contributed by atoms with Crippen LogP contribution in [0.1, 0.15) is 37.9 Å². The van der Waals surface area contributed by atoms with E-state index in [1.807, 2.05) is 45.0 Å². The van der Waals surface area contributed by atoms with Crippen LogP contribution in [-0.4, -0.2) is 34.9 Å². The van der Waals surface area contributed by atoms with Gasteiger partial charge in [-0.3, -0.25) is 19.4 Å². The molecule has 7 heteroatoms. The van der Waals surface area contributed by atoms with E-state index in [1.54, 1.807) is 35.5 Å². The smallest absolute Gasteiger partial charge is 0.240 e. The second-order valence-electron chi connectivity index (χ2n) is 9.30. The Morgan fingerprint density at radius 1 is 0.968 bits per heavy atom. The summed E-state index contributed by atoms with van der Waals surface area (Å²) in [5.74, 6) is -2.12. The van der Waals surface area contributed by atoms with Gasteiger partial charge in [-0.15, -0.1) is 0 Å². The van der Waals surface area contributed by atoms with Gasteiger partial charge in [0.15, 0.2) is 5.78 Å². The molecule has 2 saturated heterocycles. The zero-order valence-electron chi connectivity index (χ0n) is 17.4. The minimum atomic E-state index is -0.781. The van der Waals surface area contributed by atoms with Crippen molar-refractivity contribution in [1.82, 2.24) is 5.01 Å². The molecule has 31 heavy (non-hydrogen) atoms. The van der Waals surface area contributed by atoms with Crippen LogP contribution in [0.2, 0.25) is 0 Å². The molecular formula is C24H22BrN3O3. The molecular weight excluding hydrogens is 458 g/mol. The zero-order chi connectivity index (χ0) is 22.1. The highest BCUT2D eigenvalue weighted by molar-refractivity contribution is 9.10. The first-order valence-corrected chi connectivity index (χ1v) is 11.1. The standard InChI is InChI=1S/C24H22BrN3O3/c1-24(2,3)21(29)20-18-17(19-16-7-5-4-6-13(16)12-26-28(19)20)22(30)27(23(18)31)15-10-8-14(25)9-11-15/h4-12,17-20H,1-3H3/t17-,18+,19+,20-/m0/s1. The maximum atomic E-state index is 13.7. The Kier molecular flexibility index (Phi) is 4.45. The average molecular weight is 480 g/mol. The van der Waals surface area contributed by atoms with Gasteiger partial charge >= 0.3 is 0 Å². The summed E-state index contributed by atoms with van der Waals surface area (Å²) in [6.45, 7) is 5.52. The Bertz CT molecular complexity index is 1140. The van der Waals surface area contributed by atoms with E-state index in [1.165, 1.54) is 4.90 Å². The molecule has 0 unspecified atom stereocenters. The van der Waals surface area contributed by atoms with Crippen molar-refractivity contribution in [2.75, 3.05) is 4.90 Å². The predicted octanol–water partition coefficient (Wildman–Crippen LogP) is 3.94. The van der Waals surface area contributed by atoms with E-state index in [0.29, 0.717) is 5.69 Å².